The average Bonchev–Trinajstić information content (AvgIpc) is 3.95. The molecule has 0 saturated carbocycles. The summed E-state index contributed by atoms with van der Waals surface area (Å²) in [6, 6.07) is 35.9. The summed E-state index contributed by atoms with van der Waals surface area (Å²) in [5.41, 5.74) is 17.2. The molecule has 0 aliphatic carbocycles. The minimum absolute atomic E-state index is 0. The highest BCUT2D eigenvalue weighted by Gasteiger charge is 2.25. The van der Waals surface area contributed by atoms with Crippen LogP contribution in [0.3, 0.4) is 0 Å². The van der Waals surface area contributed by atoms with Crippen LogP contribution in [0.1, 0.15) is 13.1 Å². The second kappa shape index (κ2) is 16.4. The van der Waals surface area contributed by atoms with Crippen molar-refractivity contribution in [2.45, 2.75) is 19.5 Å². The van der Waals surface area contributed by atoms with Crippen LogP contribution in [0.5, 0.6) is 0 Å². The number of benzene rings is 4. The Morgan fingerprint density at radius 3 is 1.81 bits per heavy atom. The summed E-state index contributed by atoms with van der Waals surface area (Å²) in [4.78, 5) is 42.2. The zero-order chi connectivity index (χ0) is 35.2. The molecule has 0 radical (unpaired) electrons. The quantitative estimate of drug-likeness (QED) is 0.117. The van der Waals surface area contributed by atoms with Crippen molar-refractivity contribution in [3.63, 3.8) is 0 Å². The van der Waals surface area contributed by atoms with E-state index >= 15 is 0 Å². The topological polar surface area (TPSA) is 173 Å². The highest BCUT2D eigenvalue weighted by atomic mass is 32.1. The highest BCUT2D eigenvalue weighted by Crippen LogP contribution is 2.32. The summed E-state index contributed by atoms with van der Waals surface area (Å²) in [5, 5.41) is 10.8. The molecule has 262 valence electrons. The predicted molar refractivity (Wildman–Crippen MR) is 214 cm³/mol. The number of rotatable bonds is 8. The van der Waals surface area contributed by atoms with Gasteiger partial charge in [0.2, 0.25) is 11.8 Å². The summed E-state index contributed by atoms with van der Waals surface area (Å²) in [7, 11) is 0. The van der Waals surface area contributed by atoms with E-state index in [9.17, 15) is 9.59 Å². The number of hydrogen-bond donors (Lipinski definition) is 5. The lowest BCUT2D eigenvalue weighted by Gasteiger charge is -2.12. The molecule has 3 aromatic heterocycles. The fourth-order valence-electron chi connectivity index (χ4n) is 5.20. The summed E-state index contributed by atoms with van der Waals surface area (Å²) in [6.45, 7) is 0.511. The average molecular weight is 728 g/mol. The van der Waals surface area contributed by atoms with Crippen LogP contribution in [0.4, 0.5) is 11.4 Å². The summed E-state index contributed by atoms with van der Waals surface area (Å²) in [6.07, 6.45) is 1.71. The SMILES string of the molecule is C.NCC(N)C(=O)Nc1ccc(-c2nc3ccccc3s2)cc1.O=C(Nc1ccc(-c2nc3ccccc3s2)cc1)C1CN=C(c2ccccn2)N1. The van der Waals surface area contributed by atoms with Gasteiger partial charge in [-0.15, -0.1) is 22.7 Å². The van der Waals surface area contributed by atoms with Gasteiger partial charge in [0.15, 0.2) is 0 Å². The minimum atomic E-state index is -0.691. The predicted octanol–water partition coefficient (Wildman–Crippen LogP) is 6.54. The van der Waals surface area contributed by atoms with Gasteiger partial charge in [0.1, 0.15) is 27.6 Å². The molecule has 2 amide bonds. The Bertz CT molecular complexity index is 2260. The van der Waals surface area contributed by atoms with Gasteiger partial charge in [0, 0.05) is 35.2 Å². The molecule has 52 heavy (non-hydrogen) atoms. The summed E-state index contributed by atoms with van der Waals surface area (Å²) >= 11 is 3.30. The van der Waals surface area contributed by atoms with Crippen molar-refractivity contribution in [2.24, 2.45) is 16.5 Å². The van der Waals surface area contributed by atoms with Crippen LogP contribution in [-0.4, -0.2) is 57.8 Å². The first kappa shape index (κ1) is 35.9. The zero-order valence-electron chi connectivity index (χ0n) is 27.2. The van der Waals surface area contributed by atoms with Crippen LogP contribution in [-0.2, 0) is 9.59 Å². The first-order chi connectivity index (χ1) is 24.9. The van der Waals surface area contributed by atoms with Gasteiger partial charge >= 0.3 is 0 Å². The third-order valence-electron chi connectivity index (χ3n) is 7.94. The monoisotopic (exact) mass is 727 g/mol. The molecule has 13 heteroatoms. The standard InChI is InChI=1S/C22H17N5OS.C16H16N4OS.CH4/c28-21(18-13-24-20(26-18)17-6-3-4-12-23-17)25-15-10-8-14(9-11-15)22-27-16-5-1-2-7-19(16)29-22;17-9-12(18)15(21)19-11-7-5-10(6-8-11)16-20-13-3-1-2-4-14(13)22-16;/h1-12,18H,13H2,(H,24,26)(H,25,28);1-8,12H,9,17-18H2,(H,19,21);1H4. The number of hydrogen-bond acceptors (Lipinski definition) is 11. The number of thiazole rings is 2. The normalized spacial score (nSPS) is 14.0. The molecular formula is C39H37N9O2S2. The smallest absolute Gasteiger partial charge is 0.248 e. The molecule has 4 heterocycles. The maximum absolute atomic E-state index is 12.6. The van der Waals surface area contributed by atoms with Crippen LogP contribution in [0.25, 0.3) is 41.6 Å². The van der Waals surface area contributed by atoms with Crippen molar-refractivity contribution in [1.82, 2.24) is 20.3 Å². The van der Waals surface area contributed by atoms with Crippen LogP contribution >= 0.6 is 22.7 Å². The van der Waals surface area contributed by atoms with Crippen molar-refractivity contribution in [2.75, 3.05) is 23.7 Å². The Labute approximate surface area is 308 Å². The molecule has 2 unspecified atom stereocenters. The van der Waals surface area contributed by atoms with E-state index in [2.05, 4.69) is 48.0 Å². The van der Waals surface area contributed by atoms with Gasteiger partial charge in [-0.05, 0) is 84.9 Å². The van der Waals surface area contributed by atoms with Gasteiger partial charge < -0.3 is 27.4 Å². The van der Waals surface area contributed by atoms with Crippen LogP contribution in [0, 0.1) is 0 Å². The fraction of sp³-hybridized carbons (Fsp3) is 0.128. The minimum Gasteiger partial charge on any atom is -0.355 e. The number of amides is 2. The van der Waals surface area contributed by atoms with Crippen LogP contribution < -0.4 is 27.4 Å². The molecule has 0 spiro atoms. The molecular weight excluding hydrogens is 691 g/mol. The number of carbonyl (C=O) groups is 2. The molecule has 11 nitrogen and oxygen atoms in total. The number of pyridine rings is 1. The number of amidine groups is 1. The Balaban J connectivity index is 0.000000182. The number of aromatic nitrogens is 3. The van der Waals surface area contributed by atoms with Gasteiger partial charge in [0.25, 0.3) is 0 Å². The van der Waals surface area contributed by atoms with Gasteiger partial charge in [-0.25, -0.2) is 9.97 Å². The molecule has 4 aromatic carbocycles. The van der Waals surface area contributed by atoms with Crippen molar-refractivity contribution in [1.29, 1.82) is 0 Å². The molecule has 0 saturated heterocycles. The Kier molecular flexibility index (Phi) is 11.4. The Morgan fingerprint density at radius 1 is 0.750 bits per heavy atom. The summed E-state index contributed by atoms with van der Waals surface area (Å²) < 4.78 is 2.32. The number of fused-ring (bicyclic) bond motifs is 2. The maximum atomic E-state index is 12.6. The van der Waals surface area contributed by atoms with Gasteiger partial charge in [0.05, 0.1) is 33.0 Å². The first-order valence-corrected chi connectivity index (χ1v) is 17.8. The van der Waals surface area contributed by atoms with E-state index < -0.39 is 12.1 Å². The molecule has 1 aliphatic rings. The largest absolute Gasteiger partial charge is 0.355 e. The number of anilines is 2. The summed E-state index contributed by atoms with van der Waals surface area (Å²) in [5.74, 6) is 0.250. The van der Waals surface area contributed by atoms with Gasteiger partial charge in [-0.3, -0.25) is 19.6 Å². The Hall–Kier alpha value is -5.86. The van der Waals surface area contributed by atoms with E-state index in [1.54, 1.807) is 28.9 Å². The highest BCUT2D eigenvalue weighted by molar-refractivity contribution is 7.22. The number of aliphatic imine (C=N–C) groups is 1. The molecule has 7 aromatic rings. The molecule has 1 aliphatic heterocycles. The fourth-order valence-corrected chi connectivity index (χ4v) is 7.14. The van der Waals surface area contributed by atoms with Crippen molar-refractivity contribution < 1.29 is 9.59 Å². The maximum Gasteiger partial charge on any atom is 0.248 e. The van der Waals surface area contributed by atoms with Crippen molar-refractivity contribution in [3.05, 3.63) is 127 Å². The second-order valence-corrected chi connectivity index (χ2v) is 13.6. The van der Waals surface area contributed by atoms with E-state index in [-0.39, 0.29) is 25.8 Å². The third-order valence-corrected chi connectivity index (χ3v) is 10.1. The molecule has 0 bridgehead atoms. The van der Waals surface area contributed by atoms with Gasteiger partial charge in [-0.1, -0.05) is 37.8 Å². The molecule has 2 atom stereocenters. The lowest BCUT2D eigenvalue weighted by Crippen LogP contribution is -2.41. The second-order valence-electron chi connectivity index (χ2n) is 11.6. The number of nitrogens with one attached hydrogen (secondary N) is 3. The number of para-hydroxylation sites is 2. The van der Waals surface area contributed by atoms with E-state index in [1.807, 2.05) is 103 Å². The van der Waals surface area contributed by atoms with Crippen molar-refractivity contribution in [3.8, 4) is 21.1 Å². The molecule has 7 N–H and O–H groups in total. The van der Waals surface area contributed by atoms with Crippen LogP contribution in [0.2, 0.25) is 0 Å². The van der Waals surface area contributed by atoms with E-state index in [0.29, 0.717) is 18.1 Å². The zero-order valence-corrected chi connectivity index (χ0v) is 28.8. The number of carbonyl (C=O) groups excluding carboxylic acids is 2. The van der Waals surface area contributed by atoms with E-state index in [4.69, 9.17) is 11.5 Å². The Morgan fingerprint density at radius 2 is 1.29 bits per heavy atom. The van der Waals surface area contributed by atoms with E-state index in [0.717, 1.165) is 53.0 Å². The number of nitrogens with two attached hydrogens (primary N) is 2. The molecule has 8 rings (SSSR count). The lowest BCUT2D eigenvalue weighted by molar-refractivity contribution is -0.118. The van der Waals surface area contributed by atoms with Crippen LogP contribution in [0.15, 0.2) is 126 Å². The molecule has 0 fully saturated rings. The first-order valence-electron chi connectivity index (χ1n) is 16.2. The third kappa shape index (κ3) is 8.36. The van der Waals surface area contributed by atoms with Crippen molar-refractivity contribution >= 4 is 72.1 Å². The lowest BCUT2D eigenvalue weighted by atomic mass is 10.2. The van der Waals surface area contributed by atoms with E-state index in [1.165, 1.54) is 0 Å². The van der Waals surface area contributed by atoms with Gasteiger partial charge in [-0.2, -0.15) is 0 Å². The number of nitrogens with zero attached hydrogens (tertiary/aromatic N) is 4.